The molecule has 0 bridgehead atoms. The number of ether oxygens (including phenoxy) is 1. The topological polar surface area (TPSA) is 102 Å². The monoisotopic (exact) mass is 469 g/mol. The fraction of sp³-hybridized carbons (Fsp3) is 0.278. The Morgan fingerprint density at radius 2 is 2.08 bits per heavy atom. The van der Waals surface area contributed by atoms with Crippen LogP contribution in [0.2, 0.25) is 0 Å². The second-order valence-electron chi connectivity index (χ2n) is 5.27. The molecular weight excluding hydrogens is 445 g/mol. The Morgan fingerprint density at radius 1 is 1.23 bits per heavy atom. The van der Waals surface area contributed by atoms with E-state index in [1.165, 1.54) is 0 Å². The Bertz CT molecular complexity index is 710. The number of guanidine groups is 1. The lowest BCUT2D eigenvalue weighted by Crippen LogP contribution is -2.37. The summed E-state index contributed by atoms with van der Waals surface area (Å²) in [5.41, 5.74) is 6.99. The average Bonchev–Trinajstić information content (AvgIpc) is 2.63. The molecule has 0 fully saturated rings. The van der Waals surface area contributed by atoms with Gasteiger partial charge in [-0.3, -0.25) is 9.78 Å². The Morgan fingerprint density at radius 3 is 2.77 bits per heavy atom. The molecule has 1 heterocycles. The van der Waals surface area contributed by atoms with Crippen LogP contribution >= 0.6 is 24.0 Å². The number of nitrogens with two attached hydrogens (primary N) is 1. The largest absolute Gasteiger partial charge is 0.484 e. The van der Waals surface area contributed by atoms with E-state index in [2.05, 4.69) is 20.6 Å². The molecule has 0 aliphatic heterocycles. The third-order valence-electron chi connectivity index (χ3n) is 3.21. The van der Waals surface area contributed by atoms with E-state index in [1.54, 1.807) is 12.3 Å². The maximum absolute atomic E-state index is 10.8. The van der Waals surface area contributed by atoms with E-state index in [0.717, 1.165) is 17.8 Å². The highest BCUT2D eigenvalue weighted by molar-refractivity contribution is 14.0. The summed E-state index contributed by atoms with van der Waals surface area (Å²) in [6.07, 6.45) is 1.76. The first-order valence-corrected chi connectivity index (χ1v) is 8.09. The van der Waals surface area contributed by atoms with Crippen molar-refractivity contribution in [3.63, 3.8) is 0 Å². The number of hydrogen-bond donors (Lipinski definition) is 3. The molecule has 1 aromatic carbocycles. The average molecular weight is 469 g/mol. The van der Waals surface area contributed by atoms with Gasteiger partial charge in [-0.1, -0.05) is 18.2 Å². The van der Waals surface area contributed by atoms with Crippen molar-refractivity contribution in [1.29, 1.82) is 0 Å². The maximum atomic E-state index is 10.8. The van der Waals surface area contributed by atoms with Crippen LogP contribution in [0.25, 0.3) is 0 Å². The Labute approximate surface area is 170 Å². The number of benzene rings is 1. The minimum atomic E-state index is -0.503. The predicted octanol–water partition coefficient (Wildman–Crippen LogP) is 1.82. The van der Waals surface area contributed by atoms with Gasteiger partial charge in [-0.15, -0.1) is 24.0 Å². The molecule has 0 saturated carbocycles. The number of primary amides is 1. The summed E-state index contributed by atoms with van der Waals surface area (Å²) in [7, 11) is 0. The number of hydrogen-bond acceptors (Lipinski definition) is 4. The summed E-state index contributed by atoms with van der Waals surface area (Å²) >= 11 is 0. The normalized spacial score (nSPS) is 10.6. The molecule has 0 atom stereocenters. The van der Waals surface area contributed by atoms with Crippen LogP contribution in [-0.2, 0) is 17.9 Å². The fourth-order valence-electron chi connectivity index (χ4n) is 2.08. The highest BCUT2D eigenvalue weighted by Crippen LogP contribution is 2.13. The van der Waals surface area contributed by atoms with E-state index in [9.17, 15) is 4.79 Å². The van der Waals surface area contributed by atoms with Gasteiger partial charge in [-0.25, -0.2) is 4.99 Å². The Balaban J connectivity index is 0.00000338. The molecule has 0 saturated heterocycles. The van der Waals surface area contributed by atoms with E-state index < -0.39 is 5.91 Å². The third-order valence-corrected chi connectivity index (χ3v) is 3.21. The lowest BCUT2D eigenvalue weighted by atomic mass is 10.2. The van der Waals surface area contributed by atoms with Gasteiger partial charge in [0.05, 0.1) is 18.8 Å². The first-order valence-electron chi connectivity index (χ1n) is 8.09. The summed E-state index contributed by atoms with van der Waals surface area (Å²) in [4.78, 5) is 19.6. The summed E-state index contributed by atoms with van der Waals surface area (Å²) in [5, 5.41) is 6.44. The van der Waals surface area contributed by atoms with E-state index >= 15 is 0 Å². The molecule has 2 aromatic rings. The van der Waals surface area contributed by atoms with Crippen molar-refractivity contribution in [3.8, 4) is 5.75 Å². The summed E-state index contributed by atoms with van der Waals surface area (Å²) in [5.74, 6) is 0.797. The van der Waals surface area contributed by atoms with Gasteiger partial charge in [0.25, 0.3) is 5.91 Å². The molecule has 26 heavy (non-hydrogen) atoms. The number of amides is 1. The number of nitrogens with one attached hydrogen (secondary N) is 2. The zero-order valence-corrected chi connectivity index (χ0v) is 17.0. The van der Waals surface area contributed by atoms with Gasteiger partial charge in [-0.05, 0) is 36.8 Å². The number of nitrogens with zero attached hydrogens (tertiary/aromatic N) is 2. The van der Waals surface area contributed by atoms with Gasteiger partial charge in [-0.2, -0.15) is 0 Å². The molecule has 2 rings (SSSR count). The third kappa shape index (κ3) is 8.15. The predicted molar refractivity (Wildman–Crippen MR) is 112 cm³/mol. The van der Waals surface area contributed by atoms with Gasteiger partial charge >= 0.3 is 0 Å². The summed E-state index contributed by atoms with van der Waals surface area (Å²) < 4.78 is 5.31. The van der Waals surface area contributed by atoms with Crippen molar-refractivity contribution in [2.45, 2.75) is 20.0 Å². The van der Waals surface area contributed by atoms with Gasteiger partial charge in [0.1, 0.15) is 5.75 Å². The van der Waals surface area contributed by atoms with Crippen LogP contribution in [-0.4, -0.2) is 30.0 Å². The fourth-order valence-corrected chi connectivity index (χ4v) is 2.08. The van der Waals surface area contributed by atoms with Crippen LogP contribution in [0.5, 0.6) is 5.75 Å². The molecular formula is C18H24IN5O2. The minimum absolute atomic E-state index is 0. The van der Waals surface area contributed by atoms with Gasteiger partial charge < -0.3 is 21.1 Å². The highest BCUT2D eigenvalue weighted by atomic mass is 127. The van der Waals surface area contributed by atoms with E-state index in [4.69, 9.17) is 10.5 Å². The molecule has 0 spiro atoms. The zero-order chi connectivity index (χ0) is 17.9. The number of aromatic nitrogens is 1. The van der Waals surface area contributed by atoms with Crippen LogP contribution in [0.3, 0.4) is 0 Å². The van der Waals surface area contributed by atoms with Gasteiger partial charge in [0.2, 0.25) is 0 Å². The van der Waals surface area contributed by atoms with Crippen LogP contribution in [0.4, 0.5) is 0 Å². The Hall–Kier alpha value is -2.36. The van der Waals surface area contributed by atoms with E-state index in [1.807, 2.05) is 43.3 Å². The molecule has 1 amide bonds. The number of aliphatic imine (C=N–C) groups is 1. The summed E-state index contributed by atoms with van der Waals surface area (Å²) in [6, 6.07) is 13.2. The van der Waals surface area contributed by atoms with Crippen molar-refractivity contribution in [2.75, 3.05) is 13.2 Å². The molecule has 0 radical (unpaired) electrons. The molecule has 0 aliphatic carbocycles. The van der Waals surface area contributed by atoms with Crippen molar-refractivity contribution >= 4 is 35.8 Å². The van der Waals surface area contributed by atoms with Crippen LogP contribution in [0.15, 0.2) is 53.7 Å². The maximum Gasteiger partial charge on any atom is 0.255 e. The molecule has 4 N–H and O–H groups in total. The molecule has 140 valence electrons. The van der Waals surface area contributed by atoms with Crippen molar-refractivity contribution in [3.05, 3.63) is 59.9 Å². The van der Waals surface area contributed by atoms with E-state index in [0.29, 0.717) is 24.8 Å². The van der Waals surface area contributed by atoms with Gasteiger partial charge in [0, 0.05) is 12.7 Å². The molecule has 7 nitrogen and oxygen atoms in total. The SMILES string of the molecule is CCNC(=NCc1cccc(OCC(N)=O)c1)NCc1ccccn1.I. The number of pyridine rings is 1. The van der Waals surface area contributed by atoms with Crippen molar-refractivity contribution < 1.29 is 9.53 Å². The van der Waals surface area contributed by atoms with Crippen molar-refractivity contribution in [1.82, 2.24) is 15.6 Å². The molecule has 0 unspecified atom stereocenters. The molecule has 0 aliphatic rings. The molecule has 1 aromatic heterocycles. The van der Waals surface area contributed by atoms with Crippen LogP contribution in [0.1, 0.15) is 18.2 Å². The van der Waals surface area contributed by atoms with Crippen LogP contribution < -0.4 is 21.1 Å². The summed E-state index contributed by atoms with van der Waals surface area (Å²) in [6.45, 7) is 3.70. The van der Waals surface area contributed by atoms with Gasteiger partial charge in [0.15, 0.2) is 12.6 Å². The number of carbonyl (C=O) groups excluding carboxylic acids is 1. The number of rotatable bonds is 8. The zero-order valence-electron chi connectivity index (χ0n) is 14.6. The number of carbonyl (C=O) groups is 1. The lowest BCUT2D eigenvalue weighted by Gasteiger charge is -2.11. The minimum Gasteiger partial charge on any atom is -0.484 e. The second kappa shape index (κ2) is 12.1. The quantitative estimate of drug-likeness (QED) is 0.311. The first-order chi connectivity index (χ1) is 12.2. The number of halogens is 1. The van der Waals surface area contributed by atoms with E-state index in [-0.39, 0.29) is 30.6 Å². The second-order valence-corrected chi connectivity index (χ2v) is 5.27. The first kappa shape index (κ1) is 21.7. The standard InChI is InChI=1S/C18H23N5O2.HI/c1-2-20-18(23-12-15-7-3-4-9-21-15)22-11-14-6-5-8-16(10-14)25-13-17(19)24;/h3-10H,2,11-13H2,1H3,(H2,19,24)(H2,20,22,23);1H. The van der Waals surface area contributed by atoms with Crippen molar-refractivity contribution in [2.24, 2.45) is 10.7 Å². The Kier molecular flexibility index (Phi) is 10.1. The highest BCUT2D eigenvalue weighted by Gasteiger charge is 2.01. The lowest BCUT2D eigenvalue weighted by molar-refractivity contribution is -0.119. The van der Waals surface area contributed by atoms with Crippen LogP contribution in [0, 0.1) is 0 Å². The molecule has 8 heteroatoms. The smallest absolute Gasteiger partial charge is 0.255 e.